The molecule has 11 rings (SSSR count). The van der Waals surface area contributed by atoms with Gasteiger partial charge in [0.2, 0.25) is 5.90 Å². The predicted molar refractivity (Wildman–Crippen MR) is 255 cm³/mol. The first-order chi connectivity index (χ1) is 29.6. The van der Waals surface area contributed by atoms with E-state index < -0.39 is 0 Å². The van der Waals surface area contributed by atoms with Crippen LogP contribution in [0.15, 0.2) is 133 Å². The molecule has 0 unspecified atom stereocenters. The zero-order valence-electron chi connectivity index (χ0n) is 36.1. The van der Waals surface area contributed by atoms with Gasteiger partial charge in [-0.25, -0.2) is 9.98 Å². The molecule has 1 fully saturated rings. The Bertz CT molecular complexity index is 3230. The number of fused-ring (bicyclic) bond motifs is 6. The standard InChI is InChI=1S/C56H52N4O/c1-34-19-21-49-46(26-34)47-27-36(3)51(60-50-22-20-40(39-14-9-7-10-15-39)31-48(50)45-18-13-23-57-54(45)60)32-52(47)59(49)44-29-41(53-37(4)24-35(2)25-38(53)5)28-42(30-44)55-58-56(6,33-61-55)43-16-11-8-12-17-43/h7,9-10,13-15,18-32,43H,8,11-12,16-17,33H2,1-6H3/t56-/m0/s1. The van der Waals surface area contributed by atoms with Crippen LogP contribution in [0.3, 0.4) is 0 Å². The van der Waals surface area contributed by atoms with E-state index in [1.165, 1.54) is 104 Å². The molecule has 1 atom stereocenters. The molecule has 1 saturated carbocycles. The quantitative estimate of drug-likeness (QED) is 0.168. The molecule has 0 N–H and O–H groups in total. The Kier molecular flexibility index (Phi) is 8.82. The molecule has 2 aliphatic rings. The average Bonchev–Trinajstić information content (AvgIpc) is 3.93. The van der Waals surface area contributed by atoms with E-state index in [0.29, 0.717) is 12.5 Å². The van der Waals surface area contributed by atoms with E-state index in [9.17, 15) is 0 Å². The fourth-order valence-corrected chi connectivity index (χ4v) is 10.9. The summed E-state index contributed by atoms with van der Waals surface area (Å²) in [5.74, 6) is 1.31. The maximum absolute atomic E-state index is 6.67. The van der Waals surface area contributed by atoms with E-state index in [4.69, 9.17) is 14.7 Å². The molecule has 0 bridgehead atoms. The van der Waals surface area contributed by atoms with Crippen LogP contribution in [0.2, 0.25) is 0 Å². The first-order valence-electron chi connectivity index (χ1n) is 22.1. The predicted octanol–water partition coefficient (Wildman–Crippen LogP) is 14.3. The van der Waals surface area contributed by atoms with Crippen molar-refractivity contribution in [3.8, 4) is 33.6 Å². The van der Waals surface area contributed by atoms with Crippen LogP contribution < -0.4 is 0 Å². The minimum Gasteiger partial charge on any atom is -0.475 e. The van der Waals surface area contributed by atoms with E-state index in [-0.39, 0.29) is 5.54 Å². The lowest BCUT2D eigenvalue weighted by Gasteiger charge is -2.32. The van der Waals surface area contributed by atoms with Crippen LogP contribution in [0, 0.1) is 40.5 Å². The molecule has 5 nitrogen and oxygen atoms in total. The van der Waals surface area contributed by atoms with Crippen molar-refractivity contribution in [2.24, 2.45) is 10.9 Å². The molecule has 6 aromatic carbocycles. The van der Waals surface area contributed by atoms with Crippen LogP contribution in [0.5, 0.6) is 0 Å². The number of aromatic nitrogens is 3. The van der Waals surface area contributed by atoms with Gasteiger partial charge < -0.3 is 9.30 Å². The summed E-state index contributed by atoms with van der Waals surface area (Å²) in [6, 6.07) is 45.1. The van der Waals surface area contributed by atoms with Gasteiger partial charge >= 0.3 is 0 Å². The second-order valence-corrected chi connectivity index (χ2v) is 18.3. The number of rotatable bonds is 6. The van der Waals surface area contributed by atoms with Crippen molar-refractivity contribution in [2.45, 2.75) is 79.2 Å². The first-order valence-corrected chi connectivity index (χ1v) is 22.1. The maximum atomic E-state index is 6.67. The van der Waals surface area contributed by atoms with E-state index in [0.717, 1.165) is 44.9 Å². The molecule has 302 valence electrons. The summed E-state index contributed by atoms with van der Waals surface area (Å²) in [5, 5.41) is 4.81. The Morgan fingerprint density at radius 1 is 0.557 bits per heavy atom. The summed E-state index contributed by atoms with van der Waals surface area (Å²) < 4.78 is 11.5. The summed E-state index contributed by atoms with van der Waals surface area (Å²) in [7, 11) is 0. The number of pyridine rings is 1. The lowest BCUT2D eigenvalue weighted by molar-refractivity contribution is 0.170. The first kappa shape index (κ1) is 37.5. The smallest absolute Gasteiger partial charge is 0.216 e. The Balaban J connectivity index is 1.17. The molecule has 9 aromatic rings. The van der Waals surface area contributed by atoms with Crippen molar-refractivity contribution in [3.05, 3.63) is 161 Å². The fourth-order valence-electron chi connectivity index (χ4n) is 10.9. The van der Waals surface area contributed by atoms with Gasteiger partial charge in [-0.1, -0.05) is 85.0 Å². The van der Waals surface area contributed by atoms with Crippen LogP contribution >= 0.6 is 0 Å². The lowest BCUT2D eigenvalue weighted by Crippen LogP contribution is -2.35. The normalized spacial score (nSPS) is 17.2. The van der Waals surface area contributed by atoms with E-state index in [2.05, 4.69) is 172 Å². The van der Waals surface area contributed by atoms with Crippen LogP contribution in [-0.4, -0.2) is 32.2 Å². The van der Waals surface area contributed by atoms with Crippen LogP contribution in [-0.2, 0) is 4.74 Å². The van der Waals surface area contributed by atoms with Crippen molar-refractivity contribution in [3.63, 3.8) is 0 Å². The highest BCUT2D eigenvalue weighted by Gasteiger charge is 2.40. The molecule has 0 amide bonds. The third kappa shape index (κ3) is 6.19. The largest absolute Gasteiger partial charge is 0.475 e. The Morgan fingerprint density at radius 3 is 2.08 bits per heavy atom. The van der Waals surface area contributed by atoms with Gasteiger partial charge in [0.25, 0.3) is 0 Å². The molecule has 1 aliphatic heterocycles. The number of hydrogen-bond acceptors (Lipinski definition) is 3. The number of aliphatic imine (C=N–C) groups is 1. The molecule has 0 radical (unpaired) electrons. The number of nitrogens with zero attached hydrogens (tertiary/aromatic N) is 4. The lowest BCUT2D eigenvalue weighted by atomic mass is 9.76. The van der Waals surface area contributed by atoms with Gasteiger partial charge in [-0.2, -0.15) is 0 Å². The minimum atomic E-state index is -0.212. The summed E-state index contributed by atoms with van der Waals surface area (Å²) in [4.78, 5) is 10.5. The molecule has 61 heavy (non-hydrogen) atoms. The Labute approximate surface area is 358 Å². The third-order valence-electron chi connectivity index (χ3n) is 13.8. The van der Waals surface area contributed by atoms with Crippen molar-refractivity contribution in [1.29, 1.82) is 0 Å². The molecule has 0 saturated heterocycles. The zero-order chi connectivity index (χ0) is 41.6. The second kappa shape index (κ2) is 14.3. The van der Waals surface area contributed by atoms with Gasteiger partial charge in [0.1, 0.15) is 12.3 Å². The van der Waals surface area contributed by atoms with Gasteiger partial charge in [0.05, 0.1) is 27.8 Å². The summed E-state index contributed by atoms with van der Waals surface area (Å²) >= 11 is 0. The van der Waals surface area contributed by atoms with Gasteiger partial charge in [0.15, 0.2) is 0 Å². The van der Waals surface area contributed by atoms with Gasteiger partial charge in [-0.15, -0.1) is 0 Å². The van der Waals surface area contributed by atoms with Crippen molar-refractivity contribution in [1.82, 2.24) is 14.1 Å². The number of aryl methyl sites for hydroxylation is 5. The summed E-state index contributed by atoms with van der Waals surface area (Å²) in [5.41, 5.74) is 18.5. The molecule has 0 spiro atoms. The number of benzene rings is 6. The topological polar surface area (TPSA) is 44.3 Å². The monoisotopic (exact) mass is 796 g/mol. The van der Waals surface area contributed by atoms with E-state index >= 15 is 0 Å². The van der Waals surface area contributed by atoms with E-state index in [1.807, 2.05) is 6.20 Å². The van der Waals surface area contributed by atoms with E-state index in [1.54, 1.807) is 0 Å². The summed E-state index contributed by atoms with van der Waals surface area (Å²) in [6.07, 6.45) is 8.25. The third-order valence-corrected chi connectivity index (χ3v) is 13.8. The van der Waals surface area contributed by atoms with Crippen molar-refractivity contribution < 1.29 is 4.74 Å². The van der Waals surface area contributed by atoms with Gasteiger partial charge in [0, 0.05) is 39.0 Å². The van der Waals surface area contributed by atoms with Crippen LogP contribution in [0.1, 0.15) is 72.4 Å². The SMILES string of the molecule is Cc1cc(C)c(-c2cc(C3=N[C@](C)(C4CCCCC4)CO3)cc(-n3c4ccc(C)cc4c4cc(C)c(-n5c6ccc(-c7ccccc7)cc6c6cccnc65)cc43)c2)c(C)c1. The fraction of sp³-hybridized carbons (Fsp3) is 0.250. The molecule has 1 aliphatic carbocycles. The second-order valence-electron chi connectivity index (χ2n) is 18.3. The molecule has 4 heterocycles. The highest BCUT2D eigenvalue weighted by Crippen LogP contribution is 2.42. The van der Waals surface area contributed by atoms with Crippen LogP contribution in [0.4, 0.5) is 0 Å². The van der Waals surface area contributed by atoms with Crippen LogP contribution in [0.25, 0.3) is 77.4 Å². The summed E-state index contributed by atoms with van der Waals surface area (Å²) in [6.45, 7) is 14.1. The number of ether oxygens (including phenoxy) is 1. The highest BCUT2D eigenvalue weighted by atomic mass is 16.5. The molecular formula is C56H52N4O. The minimum absolute atomic E-state index is 0.212. The molecule has 3 aromatic heterocycles. The number of hydrogen-bond donors (Lipinski definition) is 0. The Hall–Kier alpha value is -6.46. The highest BCUT2D eigenvalue weighted by molar-refractivity contribution is 6.13. The molecular weight excluding hydrogens is 745 g/mol. The maximum Gasteiger partial charge on any atom is 0.216 e. The Morgan fingerprint density at radius 2 is 1.28 bits per heavy atom. The van der Waals surface area contributed by atoms with Gasteiger partial charge in [-0.05, 0) is 166 Å². The van der Waals surface area contributed by atoms with Crippen molar-refractivity contribution >= 4 is 49.6 Å². The average molecular weight is 797 g/mol. The zero-order valence-corrected chi connectivity index (χ0v) is 36.1. The molecule has 5 heteroatoms. The van der Waals surface area contributed by atoms with Gasteiger partial charge in [-0.3, -0.25) is 4.57 Å². The van der Waals surface area contributed by atoms with Crippen molar-refractivity contribution in [2.75, 3.05) is 6.61 Å².